The Kier molecular flexibility index (Phi) is 1.80. The van der Waals surface area contributed by atoms with Gasteiger partial charge in [-0.2, -0.15) is 0 Å². The maximum Gasteiger partial charge on any atom is 0.206 e. The maximum atomic E-state index is 5.18. The second-order valence-electron chi connectivity index (χ2n) is 3.13. The quantitative estimate of drug-likeness (QED) is 0.318. The molecule has 0 amide bonds. The number of rotatable bonds is 0. The minimum atomic E-state index is 0.128. The van der Waals surface area contributed by atoms with Gasteiger partial charge in [0.25, 0.3) is 0 Å². The normalized spacial score (nSPS) is 22.9. The highest BCUT2D eigenvalue weighted by molar-refractivity contribution is 5.80. The lowest BCUT2D eigenvalue weighted by Gasteiger charge is -2.30. The Labute approximate surface area is 60.9 Å². The van der Waals surface area contributed by atoms with Crippen molar-refractivity contribution in [1.29, 1.82) is 0 Å². The number of nitrogens with two attached hydrogens (primary N) is 1. The van der Waals surface area contributed by atoms with Crippen molar-refractivity contribution >= 4 is 5.96 Å². The topological polar surface area (TPSA) is 62.4 Å². The van der Waals surface area contributed by atoms with Crippen molar-refractivity contribution in [3.8, 4) is 0 Å². The van der Waals surface area contributed by atoms with Gasteiger partial charge < -0.3 is 5.32 Å². The summed E-state index contributed by atoms with van der Waals surface area (Å²) < 4.78 is 0. The van der Waals surface area contributed by atoms with Gasteiger partial charge in [-0.3, -0.25) is 10.4 Å². The van der Waals surface area contributed by atoms with Crippen LogP contribution in [-0.2, 0) is 0 Å². The van der Waals surface area contributed by atoms with Gasteiger partial charge in [0, 0.05) is 12.1 Å². The fourth-order valence-corrected chi connectivity index (χ4v) is 0.951. The van der Waals surface area contributed by atoms with Crippen LogP contribution in [0.25, 0.3) is 0 Å². The number of hydrazine groups is 1. The molecule has 4 nitrogen and oxygen atoms in total. The molecule has 0 aromatic heterocycles. The fourth-order valence-electron chi connectivity index (χ4n) is 0.951. The highest BCUT2D eigenvalue weighted by Gasteiger charge is 2.21. The highest BCUT2D eigenvalue weighted by Crippen LogP contribution is 2.10. The largest absolute Gasteiger partial charge is 0.350 e. The molecule has 0 bridgehead atoms. The third-order valence-corrected chi connectivity index (χ3v) is 1.60. The Bertz CT molecular complexity index is 150. The molecule has 1 heterocycles. The van der Waals surface area contributed by atoms with Gasteiger partial charge in [0.05, 0.1) is 0 Å². The molecule has 0 radical (unpaired) electrons. The predicted octanol–water partition coefficient (Wildman–Crippen LogP) is -0.422. The molecule has 1 aliphatic rings. The Hall–Kier alpha value is -0.770. The average Bonchev–Trinajstić information content (AvgIpc) is 1.86. The van der Waals surface area contributed by atoms with Gasteiger partial charge in [-0.1, -0.05) is 0 Å². The molecular formula is C6H14N4. The van der Waals surface area contributed by atoms with Crippen LogP contribution in [0.5, 0.6) is 0 Å². The predicted molar refractivity (Wildman–Crippen MR) is 41.5 cm³/mol. The number of guanidine groups is 1. The summed E-state index contributed by atoms with van der Waals surface area (Å²) in [6.07, 6.45) is 1.05. The molecule has 10 heavy (non-hydrogen) atoms. The molecule has 0 unspecified atom stereocenters. The van der Waals surface area contributed by atoms with Gasteiger partial charge in [0.2, 0.25) is 5.96 Å². The van der Waals surface area contributed by atoms with Crippen molar-refractivity contribution < 1.29 is 0 Å². The first-order chi connectivity index (χ1) is 4.64. The molecule has 4 N–H and O–H groups in total. The first kappa shape index (κ1) is 7.34. The van der Waals surface area contributed by atoms with Gasteiger partial charge in [-0.15, -0.1) is 0 Å². The number of nitrogens with zero attached hydrogens (tertiary/aromatic N) is 1. The fraction of sp³-hybridized carbons (Fsp3) is 0.833. The zero-order valence-electron chi connectivity index (χ0n) is 6.44. The van der Waals surface area contributed by atoms with Gasteiger partial charge in [0.15, 0.2) is 0 Å². The lowest BCUT2D eigenvalue weighted by Crippen LogP contribution is -2.54. The van der Waals surface area contributed by atoms with E-state index in [1.165, 1.54) is 0 Å². The third-order valence-electron chi connectivity index (χ3n) is 1.60. The molecule has 0 aromatic carbocycles. The minimum Gasteiger partial charge on any atom is -0.350 e. The van der Waals surface area contributed by atoms with Gasteiger partial charge in [0.1, 0.15) is 0 Å². The summed E-state index contributed by atoms with van der Waals surface area (Å²) in [5, 5.41) is 3.16. The van der Waals surface area contributed by atoms with Crippen LogP contribution in [0, 0.1) is 0 Å². The minimum absolute atomic E-state index is 0.128. The molecule has 0 atom stereocenters. The molecule has 58 valence electrons. The smallest absolute Gasteiger partial charge is 0.206 e. The molecule has 0 saturated heterocycles. The van der Waals surface area contributed by atoms with Crippen LogP contribution in [0.4, 0.5) is 0 Å². The van der Waals surface area contributed by atoms with Gasteiger partial charge >= 0.3 is 0 Å². The molecule has 0 fully saturated rings. The second-order valence-corrected chi connectivity index (χ2v) is 3.13. The van der Waals surface area contributed by atoms with E-state index in [1.807, 2.05) is 0 Å². The van der Waals surface area contributed by atoms with E-state index in [0.717, 1.165) is 13.0 Å². The molecule has 1 aliphatic heterocycles. The Morgan fingerprint density at radius 3 is 2.80 bits per heavy atom. The zero-order chi connectivity index (χ0) is 7.61. The molecule has 0 spiro atoms. The van der Waals surface area contributed by atoms with Crippen molar-refractivity contribution in [3.63, 3.8) is 0 Å². The lowest BCUT2D eigenvalue weighted by atomic mass is 10.0. The third kappa shape index (κ3) is 1.60. The molecule has 0 saturated carbocycles. The van der Waals surface area contributed by atoms with Crippen LogP contribution in [0.15, 0.2) is 4.99 Å². The standard InChI is InChI=1S/C6H14N4/c1-6(2)3-4-8-5(9-6)10-7/h3-4,7H2,1-2H3,(H2,8,9,10). The molecule has 4 heteroatoms. The van der Waals surface area contributed by atoms with Crippen molar-refractivity contribution in [2.45, 2.75) is 25.8 Å². The Morgan fingerprint density at radius 2 is 2.40 bits per heavy atom. The van der Waals surface area contributed by atoms with Crippen LogP contribution in [0.2, 0.25) is 0 Å². The van der Waals surface area contributed by atoms with Crippen LogP contribution in [-0.4, -0.2) is 18.0 Å². The summed E-state index contributed by atoms with van der Waals surface area (Å²) in [4.78, 5) is 4.11. The monoisotopic (exact) mass is 142 g/mol. The summed E-state index contributed by atoms with van der Waals surface area (Å²) >= 11 is 0. The van der Waals surface area contributed by atoms with Crippen LogP contribution < -0.4 is 16.6 Å². The van der Waals surface area contributed by atoms with E-state index in [2.05, 4.69) is 29.6 Å². The highest BCUT2D eigenvalue weighted by atomic mass is 15.3. The van der Waals surface area contributed by atoms with E-state index in [1.54, 1.807) is 0 Å². The maximum absolute atomic E-state index is 5.18. The zero-order valence-corrected chi connectivity index (χ0v) is 6.44. The SMILES string of the molecule is CC1(C)CCN=C(NN)N1. The molecule has 0 aliphatic carbocycles. The van der Waals surface area contributed by atoms with Crippen LogP contribution >= 0.6 is 0 Å². The molecular weight excluding hydrogens is 128 g/mol. The van der Waals surface area contributed by atoms with Crippen molar-refractivity contribution in [3.05, 3.63) is 0 Å². The lowest BCUT2D eigenvalue weighted by molar-refractivity contribution is 0.407. The second kappa shape index (κ2) is 2.46. The van der Waals surface area contributed by atoms with Gasteiger partial charge in [-0.25, -0.2) is 5.84 Å². The number of aliphatic imine (C=N–C) groups is 1. The van der Waals surface area contributed by atoms with Crippen molar-refractivity contribution in [2.24, 2.45) is 10.8 Å². The first-order valence-electron chi connectivity index (χ1n) is 3.43. The Morgan fingerprint density at radius 1 is 1.70 bits per heavy atom. The number of hydrogen-bond acceptors (Lipinski definition) is 4. The van der Waals surface area contributed by atoms with E-state index in [0.29, 0.717) is 5.96 Å². The summed E-state index contributed by atoms with van der Waals surface area (Å²) in [6, 6.07) is 0. The van der Waals surface area contributed by atoms with E-state index < -0.39 is 0 Å². The average molecular weight is 142 g/mol. The van der Waals surface area contributed by atoms with Crippen LogP contribution in [0.1, 0.15) is 20.3 Å². The van der Waals surface area contributed by atoms with Crippen molar-refractivity contribution in [1.82, 2.24) is 10.7 Å². The van der Waals surface area contributed by atoms with E-state index >= 15 is 0 Å². The van der Waals surface area contributed by atoms with Crippen LogP contribution in [0.3, 0.4) is 0 Å². The summed E-state index contributed by atoms with van der Waals surface area (Å²) in [5.41, 5.74) is 2.63. The van der Waals surface area contributed by atoms with E-state index in [4.69, 9.17) is 5.84 Å². The first-order valence-corrected chi connectivity index (χ1v) is 3.43. The summed E-state index contributed by atoms with van der Waals surface area (Å²) in [6.45, 7) is 5.09. The van der Waals surface area contributed by atoms with E-state index in [-0.39, 0.29) is 5.54 Å². The Balaban J connectivity index is 2.57. The number of hydrogen-bond donors (Lipinski definition) is 3. The summed E-state index contributed by atoms with van der Waals surface area (Å²) in [5.74, 6) is 5.87. The summed E-state index contributed by atoms with van der Waals surface area (Å²) in [7, 11) is 0. The van der Waals surface area contributed by atoms with E-state index in [9.17, 15) is 0 Å². The number of nitrogens with one attached hydrogen (secondary N) is 2. The molecule has 1 rings (SSSR count). The molecule has 0 aromatic rings. The van der Waals surface area contributed by atoms with Gasteiger partial charge in [-0.05, 0) is 20.3 Å². The van der Waals surface area contributed by atoms with Crippen molar-refractivity contribution in [2.75, 3.05) is 6.54 Å².